The lowest BCUT2D eigenvalue weighted by molar-refractivity contribution is -0.114. The molecule has 2 N–H and O–H groups in total. The number of rotatable bonds is 7. The maximum Gasteiger partial charge on any atom is 0.252 e. The van der Waals surface area contributed by atoms with Crippen LogP contribution in [0.25, 0.3) is 0 Å². The average molecular weight is 366 g/mol. The third-order valence-electron chi connectivity index (χ3n) is 3.36. The monoisotopic (exact) mass is 366 g/mol. The molecule has 27 heavy (non-hydrogen) atoms. The summed E-state index contributed by atoms with van der Waals surface area (Å²) < 4.78 is 10.8. The van der Waals surface area contributed by atoms with E-state index in [1.165, 1.54) is 6.92 Å². The third-order valence-corrected chi connectivity index (χ3v) is 3.36. The van der Waals surface area contributed by atoms with Crippen molar-refractivity contribution in [2.75, 3.05) is 25.1 Å². The van der Waals surface area contributed by atoms with Crippen LogP contribution >= 0.6 is 0 Å². The molecule has 2 amide bonds. The average Bonchev–Trinajstić information content (AvgIpc) is 2.65. The first-order chi connectivity index (χ1) is 13.1. The van der Waals surface area contributed by atoms with E-state index in [0.717, 1.165) is 5.75 Å². The Morgan fingerprint density at radius 2 is 1.78 bits per heavy atom. The summed E-state index contributed by atoms with van der Waals surface area (Å²) in [6.07, 6.45) is 0. The number of amides is 2. The molecular weight excluding hydrogens is 344 g/mol. The summed E-state index contributed by atoms with van der Waals surface area (Å²) in [6, 6.07) is 14.0. The summed E-state index contributed by atoms with van der Waals surface area (Å²) in [5.74, 6) is 6.66. The summed E-state index contributed by atoms with van der Waals surface area (Å²) in [5, 5.41) is 5.41. The molecule has 0 fully saturated rings. The molecule has 0 spiro atoms. The van der Waals surface area contributed by atoms with Crippen LogP contribution < -0.4 is 20.1 Å². The van der Waals surface area contributed by atoms with Gasteiger partial charge in [0.25, 0.3) is 5.91 Å². The van der Waals surface area contributed by atoms with Crippen LogP contribution in [0.3, 0.4) is 0 Å². The third kappa shape index (κ3) is 7.12. The Kier molecular flexibility index (Phi) is 7.73. The van der Waals surface area contributed by atoms with Crippen LogP contribution in [-0.2, 0) is 4.79 Å². The lowest BCUT2D eigenvalue weighted by Crippen LogP contribution is -2.23. The molecule has 0 bridgehead atoms. The number of nitrogens with one attached hydrogen (secondary N) is 2. The van der Waals surface area contributed by atoms with Gasteiger partial charge in [0.1, 0.15) is 18.1 Å². The minimum atomic E-state index is -0.198. The van der Waals surface area contributed by atoms with Gasteiger partial charge in [-0.25, -0.2) is 0 Å². The summed E-state index contributed by atoms with van der Waals surface area (Å²) >= 11 is 0. The van der Waals surface area contributed by atoms with Crippen molar-refractivity contribution in [1.29, 1.82) is 0 Å². The number of carbonyl (C=O) groups is 2. The largest absolute Gasteiger partial charge is 0.494 e. The Balaban J connectivity index is 1.74. The zero-order valence-corrected chi connectivity index (χ0v) is 15.4. The summed E-state index contributed by atoms with van der Waals surface area (Å²) in [7, 11) is 0. The molecule has 0 aliphatic carbocycles. The molecule has 0 saturated heterocycles. The van der Waals surface area contributed by atoms with Crippen LogP contribution in [0.15, 0.2) is 48.5 Å². The van der Waals surface area contributed by atoms with Crippen LogP contribution in [0.2, 0.25) is 0 Å². The molecule has 140 valence electrons. The van der Waals surface area contributed by atoms with E-state index in [9.17, 15) is 9.59 Å². The molecule has 0 radical (unpaired) electrons. The van der Waals surface area contributed by atoms with E-state index < -0.39 is 0 Å². The van der Waals surface area contributed by atoms with E-state index in [0.29, 0.717) is 23.6 Å². The zero-order valence-electron chi connectivity index (χ0n) is 15.4. The fourth-order valence-electron chi connectivity index (χ4n) is 2.20. The van der Waals surface area contributed by atoms with E-state index in [-0.39, 0.29) is 25.0 Å². The van der Waals surface area contributed by atoms with Gasteiger partial charge in [-0.15, -0.1) is 0 Å². The molecule has 0 atom stereocenters. The quantitative estimate of drug-likeness (QED) is 0.739. The molecule has 0 aliphatic rings. The van der Waals surface area contributed by atoms with Crippen LogP contribution in [-0.4, -0.2) is 31.6 Å². The van der Waals surface area contributed by atoms with Gasteiger partial charge in [-0.05, 0) is 43.3 Å². The van der Waals surface area contributed by atoms with E-state index in [2.05, 4.69) is 22.5 Å². The van der Waals surface area contributed by atoms with Gasteiger partial charge in [0.15, 0.2) is 0 Å². The second kappa shape index (κ2) is 10.5. The van der Waals surface area contributed by atoms with Crippen molar-refractivity contribution in [2.24, 2.45) is 0 Å². The maximum absolute atomic E-state index is 12.0. The molecule has 2 aromatic carbocycles. The number of anilines is 1. The van der Waals surface area contributed by atoms with Gasteiger partial charge in [-0.3, -0.25) is 9.59 Å². The minimum absolute atomic E-state index is 0.143. The van der Waals surface area contributed by atoms with Crippen molar-refractivity contribution in [3.8, 4) is 23.3 Å². The Labute approximate surface area is 158 Å². The molecular formula is C21H22N2O4. The fraction of sp³-hybridized carbons (Fsp3) is 0.238. The predicted octanol–water partition coefficient (Wildman–Crippen LogP) is 2.86. The van der Waals surface area contributed by atoms with Gasteiger partial charge < -0.3 is 20.1 Å². The van der Waals surface area contributed by atoms with Crippen molar-refractivity contribution < 1.29 is 19.1 Å². The highest BCUT2D eigenvalue weighted by atomic mass is 16.5. The molecule has 0 aliphatic heterocycles. The Morgan fingerprint density at radius 3 is 2.48 bits per heavy atom. The Bertz CT molecular complexity index is 835. The number of carbonyl (C=O) groups excluding carboxylic acids is 2. The zero-order chi connectivity index (χ0) is 19.5. The predicted molar refractivity (Wildman–Crippen MR) is 104 cm³/mol. The normalized spacial score (nSPS) is 9.56. The molecule has 0 unspecified atom stereocenters. The van der Waals surface area contributed by atoms with Gasteiger partial charge in [0.2, 0.25) is 5.91 Å². The number of hydrogen-bond donors (Lipinski definition) is 2. The van der Waals surface area contributed by atoms with Crippen LogP contribution in [0.1, 0.15) is 24.2 Å². The molecule has 0 aromatic heterocycles. The van der Waals surface area contributed by atoms with Crippen LogP contribution in [0.4, 0.5) is 5.69 Å². The number of hydrogen-bond acceptors (Lipinski definition) is 4. The summed E-state index contributed by atoms with van der Waals surface area (Å²) in [5.41, 5.74) is 1.21. The molecule has 0 saturated carbocycles. The number of benzene rings is 2. The van der Waals surface area contributed by atoms with E-state index in [4.69, 9.17) is 9.47 Å². The van der Waals surface area contributed by atoms with E-state index in [1.807, 2.05) is 6.92 Å². The topological polar surface area (TPSA) is 76.7 Å². The highest BCUT2D eigenvalue weighted by molar-refractivity contribution is 5.94. The van der Waals surface area contributed by atoms with Crippen molar-refractivity contribution in [3.05, 3.63) is 54.1 Å². The maximum atomic E-state index is 12.0. The number of ether oxygens (including phenoxy) is 2. The first kappa shape index (κ1) is 19.9. The molecule has 2 rings (SSSR count). The lowest BCUT2D eigenvalue weighted by atomic mass is 10.2. The first-order valence-corrected chi connectivity index (χ1v) is 8.55. The highest BCUT2D eigenvalue weighted by Gasteiger charge is 2.03. The summed E-state index contributed by atoms with van der Waals surface area (Å²) in [6.45, 7) is 4.34. The van der Waals surface area contributed by atoms with E-state index in [1.54, 1.807) is 48.5 Å². The second-order valence-corrected chi connectivity index (χ2v) is 5.49. The Morgan fingerprint density at radius 1 is 1.00 bits per heavy atom. The van der Waals surface area contributed by atoms with Gasteiger partial charge >= 0.3 is 0 Å². The fourth-order valence-corrected chi connectivity index (χ4v) is 2.20. The molecule has 6 nitrogen and oxygen atoms in total. The smallest absolute Gasteiger partial charge is 0.252 e. The van der Waals surface area contributed by atoms with Gasteiger partial charge in [-0.1, -0.05) is 17.9 Å². The Hall–Kier alpha value is -3.46. The first-order valence-electron chi connectivity index (χ1n) is 8.55. The van der Waals surface area contributed by atoms with Crippen molar-refractivity contribution in [1.82, 2.24) is 5.32 Å². The minimum Gasteiger partial charge on any atom is -0.494 e. The lowest BCUT2D eigenvalue weighted by Gasteiger charge is -2.06. The van der Waals surface area contributed by atoms with Crippen LogP contribution in [0.5, 0.6) is 11.5 Å². The van der Waals surface area contributed by atoms with Crippen LogP contribution in [0, 0.1) is 11.8 Å². The molecule has 2 aromatic rings. The molecule has 0 heterocycles. The standard InChI is InChI=1S/C21H22N2O4/c1-3-26-19-11-9-17(10-12-19)21(25)22-13-4-5-14-27-20-8-6-7-18(15-20)23-16(2)24/h6-12,15H,3,13-14H2,1-2H3,(H,22,25)(H,23,24). The van der Waals surface area contributed by atoms with E-state index >= 15 is 0 Å². The van der Waals surface area contributed by atoms with Gasteiger partial charge in [0, 0.05) is 24.2 Å². The SMILES string of the molecule is CCOc1ccc(C(=O)NCC#CCOc2cccc(NC(C)=O)c2)cc1. The van der Waals surface area contributed by atoms with Crippen molar-refractivity contribution >= 4 is 17.5 Å². The highest BCUT2D eigenvalue weighted by Crippen LogP contribution is 2.17. The summed E-state index contributed by atoms with van der Waals surface area (Å²) in [4.78, 5) is 23.1. The second-order valence-electron chi connectivity index (χ2n) is 5.49. The molecule has 6 heteroatoms. The van der Waals surface area contributed by atoms with Gasteiger partial charge in [-0.2, -0.15) is 0 Å². The van der Waals surface area contributed by atoms with Crippen molar-refractivity contribution in [2.45, 2.75) is 13.8 Å². The van der Waals surface area contributed by atoms with Gasteiger partial charge in [0.05, 0.1) is 13.2 Å². The van der Waals surface area contributed by atoms with Crippen molar-refractivity contribution in [3.63, 3.8) is 0 Å².